The predicted octanol–water partition coefficient (Wildman–Crippen LogP) is 2.81. The first-order chi connectivity index (χ1) is 18.5. The standard InChI is InChI=1S/C28H39N5O5S/c1-18-4-6-21(7-5-18)25-30-26(35)28(31-25)10-13-32(14-11-28)39(37,38)15-9-23-19(2)16-22(17-20(23)3)33-12-8-24(34)29-27(33)36/h16-18,21H,4-15H2,1-3H3,(H,29,34,36)(H,30,31,35). The normalized spacial score (nSPS) is 26.0. The highest BCUT2D eigenvalue weighted by Gasteiger charge is 2.48. The monoisotopic (exact) mass is 557 g/mol. The zero-order valence-corrected chi connectivity index (χ0v) is 23.9. The maximum Gasteiger partial charge on any atom is 0.328 e. The molecule has 0 bridgehead atoms. The van der Waals surface area contributed by atoms with Crippen LogP contribution in [-0.2, 0) is 26.0 Å². The molecule has 0 unspecified atom stereocenters. The first-order valence-corrected chi connectivity index (χ1v) is 15.7. The molecule has 1 aromatic carbocycles. The van der Waals surface area contributed by atoms with Gasteiger partial charge in [0.1, 0.15) is 11.4 Å². The van der Waals surface area contributed by atoms with Gasteiger partial charge in [0.25, 0.3) is 5.91 Å². The lowest BCUT2D eigenvalue weighted by molar-refractivity contribution is -0.125. The van der Waals surface area contributed by atoms with E-state index in [-0.39, 0.29) is 37.1 Å². The van der Waals surface area contributed by atoms with Crippen molar-refractivity contribution in [2.24, 2.45) is 16.8 Å². The van der Waals surface area contributed by atoms with Crippen molar-refractivity contribution >= 4 is 39.4 Å². The summed E-state index contributed by atoms with van der Waals surface area (Å²) in [5, 5.41) is 5.38. The van der Waals surface area contributed by atoms with Gasteiger partial charge in [-0.1, -0.05) is 19.8 Å². The average molecular weight is 558 g/mol. The summed E-state index contributed by atoms with van der Waals surface area (Å²) < 4.78 is 28.1. The van der Waals surface area contributed by atoms with Gasteiger partial charge in [0.15, 0.2) is 0 Å². The Balaban J connectivity index is 1.21. The molecule has 212 valence electrons. The van der Waals surface area contributed by atoms with Crippen LogP contribution >= 0.6 is 0 Å². The Morgan fingerprint density at radius 3 is 2.23 bits per heavy atom. The third-order valence-electron chi connectivity index (χ3n) is 9.00. The van der Waals surface area contributed by atoms with Crippen molar-refractivity contribution in [1.29, 1.82) is 0 Å². The molecule has 5 rings (SSSR count). The van der Waals surface area contributed by atoms with Crippen molar-refractivity contribution in [3.63, 3.8) is 0 Å². The molecule has 39 heavy (non-hydrogen) atoms. The molecular formula is C28H39N5O5S. The zero-order valence-electron chi connectivity index (χ0n) is 23.1. The van der Waals surface area contributed by atoms with Gasteiger partial charge in [-0.3, -0.25) is 24.8 Å². The summed E-state index contributed by atoms with van der Waals surface area (Å²) in [4.78, 5) is 43.1. The van der Waals surface area contributed by atoms with E-state index >= 15 is 0 Å². The molecule has 4 amide bonds. The van der Waals surface area contributed by atoms with Crippen molar-refractivity contribution in [1.82, 2.24) is 14.9 Å². The quantitative estimate of drug-likeness (QED) is 0.556. The number of aliphatic imine (C=N–C) groups is 1. The van der Waals surface area contributed by atoms with Gasteiger partial charge in [0.05, 0.1) is 5.75 Å². The maximum atomic E-state index is 13.3. The highest BCUT2D eigenvalue weighted by molar-refractivity contribution is 7.89. The minimum atomic E-state index is -3.52. The van der Waals surface area contributed by atoms with Crippen LogP contribution in [0, 0.1) is 25.7 Å². The number of anilines is 1. The number of amides is 4. The Morgan fingerprint density at radius 2 is 1.62 bits per heavy atom. The number of carbonyl (C=O) groups is 3. The van der Waals surface area contributed by atoms with Crippen LogP contribution in [0.25, 0.3) is 0 Å². The van der Waals surface area contributed by atoms with Gasteiger partial charge in [-0.25, -0.2) is 17.5 Å². The Morgan fingerprint density at radius 1 is 0.974 bits per heavy atom. The second kappa shape index (κ2) is 10.6. The number of imide groups is 1. The molecule has 2 saturated heterocycles. The molecule has 4 aliphatic rings. The van der Waals surface area contributed by atoms with E-state index in [4.69, 9.17) is 4.99 Å². The number of sulfonamides is 1. The van der Waals surface area contributed by atoms with Gasteiger partial charge in [0, 0.05) is 37.7 Å². The fourth-order valence-corrected chi connectivity index (χ4v) is 7.89. The van der Waals surface area contributed by atoms with Crippen LogP contribution in [-0.4, -0.2) is 67.3 Å². The first kappa shape index (κ1) is 27.8. The fourth-order valence-electron chi connectivity index (χ4n) is 6.43. The van der Waals surface area contributed by atoms with E-state index < -0.39 is 21.6 Å². The highest BCUT2D eigenvalue weighted by Crippen LogP contribution is 2.36. The van der Waals surface area contributed by atoms with Gasteiger partial charge in [0.2, 0.25) is 15.9 Å². The number of nitrogens with zero attached hydrogens (tertiary/aromatic N) is 3. The van der Waals surface area contributed by atoms with Crippen LogP contribution in [0.1, 0.15) is 68.6 Å². The summed E-state index contributed by atoms with van der Waals surface area (Å²) in [6, 6.07) is 3.30. The van der Waals surface area contributed by atoms with E-state index in [1.165, 1.54) is 9.21 Å². The van der Waals surface area contributed by atoms with Gasteiger partial charge in [-0.15, -0.1) is 0 Å². The molecular weight excluding hydrogens is 518 g/mol. The molecule has 11 heteroatoms. The lowest BCUT2D eigenvalue weighted by atomic mass is 9.82. The van der Waals surface area contributed by atoms with Crippen molar-refractivity contribution in [3.05, 3.63) is 28.8 Å². The SMILES string of the molecule is Cc1cc(N2CCC(=O)NC2=O)cc(C)c1CCS(=O)(=O)N1CCC2(CC1)N=C(C1CCC(C)CC1)NC2=O. The van der Waals surface area contributed by atoms with Crippen LogP contribution in [0.3, 0.4) is 0 Å². The second-order valence-electron chi connectivity index (χ2n) is 11.7. The molecule has 0 aromatic heterocycles. The number of aryl methyl sites for hydroxylation is 2. The van der Waals surface area contributed by atoms with Gasteiger partial charge in [-0.2, -0.15) is 0 Å². The minimum Gasteiger partial charge on any atom is -0.312 e. The molecule has 0 atom stereocenters. The Hall–Kier alpha value is -2.79. The Kier molecular flexibility index (Phi) is 7.58. The van der Waals surface area contributed by atoms with Gasteiger partial charge < -0.3 is 5.32 Å². The summed E-state index contributed by atoms with van der Waals surface area (Å²) in [6.45, 7) is 6.98. The molecule has 0 radical (unpaired) electrons. The van der Waals surface area contributed by atoms with Gasteiger partial charge >= 0.3 is 6.03 Å². The lowest BCUT2D eigenvalue weighted by Crippen LogP contribution is -2.51. The molecule has 3 fully saturated rings. The van der Waals surface area contributed by atoms with Crippen LogP contribution in [0.5, 0.6) is 0 Å². The van der Waals surface area contributed by atoms with E-state index in [2.05, 4.69) is 17.6 Å². The largest absolute Gasteiger partial charge is 0.328 e. The number of carbonyl (C=O) groups excluding carboxylic acids is 3. The Labute approximate surface area is 230 Å². The summed E-state index contributed by atoms with van der Waals surface area (Å²) in [5.74, 6) is 1.44. The molecule has 10 nitrogen and oxygen atoms in total. The molecule has 1 spiro atoms. The van der Waals surface area contributed by atoms with E-state index in [1.807, 2.05) is 26.0 Å². The smallest absolute Gasteiger partial charge is 0.312 e. The number of amidine groups is 1. The van der Waals surface area contributed by atoms with E-state index in [0.717, 1.165) is 54.1 Å². The lowest BCUT2D eigenvalue weighted by Gasteiger charge is -2.35. The van der Waals surface area contributed by atoms with Crippen LogP contribution in [0.15, 0.2) is 17.1 Å². The topological polar surface area (TPSA) is 128 Å². The van der Waals surface area contributed by atoms with Crippen molar-refractivity contribution < 1.29 is 22.8 Å². The van der Waals surface area contributed by atoms with Crippen molar-refractivity contribution in [3.8, 4) is 0 Å². The summed E-state index contributed by atoms with van der Waals surface area (Å²) in [7, 11) is -3.52. The molecule has 2 N–H and O–H groups in total. The van der Waals surface area contributed by atoms with Crippen LogP contribution in [0.2, 0.25) is 0 Å². The third-order valence-corrected chi connectivity index (χ3v) is 10.9. The third kappa shape index (κ3) is 5.61. The molecule has 1 aliphatic carbocycles. The van der Waals surface area contributed by atoms with Crippen LogP contribution in [0.4, 0.5) is 10.5 Å². The molecule has 3 aliphatic heterocycles. The van der Waals surface area contributed by atoms with E-state index in [9.17, 15) is 22.8 Å². The molecule has 1 aromatic rings. The number of rotatable bonds is 6. The number of hydrogen-bond donors (Lipinski definition) is 2. The van der Waals surface area contributed by atoms with Crippen molar-refractivity contribution in [2.75, 3.05) is 30.3 Å². The Bertz CT molecular complexity index is 1280. The summed E-state index contributed by atoms with van der Waals surface area (Å²) in [5.41, 5.74) is 2.61. The number of hydrogen-bond acceptors (Lipinski definition) is 6. The summed E-state index contributed by atoms with van der Waals surface area (Å²) >= 11 is 0. The number of nitrogens with one attached hydrogen (secondary N) is 2. The number of piperidine rings is 1. The number of urea groups is 1. The van der Waals surface area contributed by atoms with E-state index in [1.54, 1.807) is 0 Å². The first-order valence-electron chi connectivity index (χ1n) is 14.1. The molecule has 1 saturated carbocycles. The van der Waals surface area contributed by atoms with Crippen LogP contribution < -0.4 is 15.5 Å². The van der Waals surface area contributed by atoms with Crippen molar-refractivity contribution in [2.45, 2.75) is 77.7 Å². The molecule has 3 heterocycles. The van der Waals surface area contributed by atoms with Gasteiger partial charge in [-0.05, 0) is 80.7 Å². The summed E-state index contributed by atoms with van der Waals surface area (Å²) in [6.07, 6.45) is 5.78. The maximum absolute atomic E-state index is 13.3. The zero-order chi connectivity index (χ0) is 27.9. The highest BCUT2D eigenvalue weighted by atomic mass is 32.2. The average Bonchev–Trinajstić information content (AvgIpc) is 3.19. The predicted molar refractivity (Wildman–Crippen MR) is 149 cm³/mol. The second-order valence-corrected chi connectivity index (χ2v) is 13.8. The minimum absolute atomic E-state index is 0.0271. The van der Waals surface area contributed by atoms with E-state index in [0.29, 0.717) is 37.4 Å². The number of benzene rings is 1. The fraction of sp³-hybridized carbons (Fsp3) is 0.643.